The second kappa shape index (κ2) is 6.28. The number of anilines is 1. The first kappa shape index (κ1) is 13.6. The van der Waals surface area contributed by atoms with E-state index in [0.29, 0.717) is 29.3 Å². The van der Waals surface area contributed by atoms with Gasteiger partial charge in [-0.3, -0.25) is 4.79 Å². The Labute approximate surface area is 103 Å². The molecule has 0 aliphatic carbocycles. The first-order valence-corrected chi connectivity index (χ1v) is 6.09. The maximum atomic E-state index is 12.1. The third-order valence-corrected chi connectivity index (χ3v) is 3.19. The lowest BCUT2D eigenvalue weighted by Gasteiger charge is -2.12. The Hall–Kier alpha value is -1.51. The summed E-state index contributed by atoms with van der Waals surface area (Å²) < 4.78 is 5.11. The van der Waals surface area contributed by atoms with Gasteiger partial charge >= 0.3 is 0 Å². The first-order chi connectivity index (χ1) is 8.12. The standard InChI is InChI=1S/C14H21NO2/c1-4-10(5-2)8-14(16)12-9-11(17-3)6-7-13(12)15/h6-7,9-10H,4-5,8,15H2,1-3H3. The van der Waals surface area contributed by atoms with Crippen LogP contribution in [0, 0.1) is 5.92 Å². The predicted molar refractivity (Wildman–Crippen MR) is 70.4 cm³/mol. The van der Waals surface area contributed by atoms with Gasteiger partial charge in [0.05, 0.1) is 7.11 Å². The van der Waals surface area contributed by atoms with Crippen molar-refractivity contribution in [1.29, 1.82) is 0 Å². The van der Waals surface area contributed by atoms with Crippen LogP contribution in [0.2, 0.25) is 0 Å². The average molecular weight is 235 g/mol. The molecule has 1 aromatic carbocycles. The summed E-state index contributed by atoms with van der Waals surface area (Å²) >= 11 is 0. The maximum Gasteiger partial charge on any atom is 0.165 e. The number of ether oxygens (including phenoxy) is 1. The van der Waals surface area contributed by atoms with E-state index >= 15 is 0 Å². The van der Waals surface area contributed by atoms with Crippen LogP contribution in [0.5, 0.6) is 5.75 Å². The summed E-state index contributed by atoms with van der Waals surface area (Å²) in [6.45, 7) is 4.22. The van der Waals surface area contributed by atoms with Crippen molar-refractivity contribution in [2.75, 3.05) is 12.8 Å². The number of carbonyl (C=O) groups excluding carboxylic acids is 1. The highest BCUT2D eigenvalue weighted by Crippen LogP contribution is 2.23. The molecule has 0 spiro atoms. The van der Waals surface area contributed by atoms with Crippen LogP contribution >= 0.6 is 0 Å². The van der Waals surface area contributed by atoms with Gasteiger partial charge in [-0.2, -0.15) is 0 Å². The smallest absolute Gasteiger partial charge is 0.165 e. The zero-order valence-corrected chi connectivity index (χ0v) is 10.8. The minimum atomic E-state index is 0.107. The van der Waals surface area contributed by atoms with E-state index in [-0.39, 0.29) is 5.78 Å². The molecule has 94 valence electrons. The van der Waals surface area contributed by atoms with Crippen LogP contribution in [0.25, 0.3) is 0 Å². The topological polar surface area (TPSA) is 52.3 Å². The Balaban J connectivity index is 2.87. The molecular formula is C14H21NO2. The fourth-order valence-electron chi connectivity index (χ4n) is 1.85. The Morgan fingerprint density at radius 2 is 2.00 bits per heavy atom. The summed E-state index contributed by atoms with van der Waals surface area (Å²) in [7, 11) is 1.58. The normalized spacial score (nSPS) is 10.6. The molecule has 1 rings (SSSR count). The van der Waals surface area contributed by atoms with Crippen LogP contribution in [0.15, 0.2) is 18.2 Å². The third-order valence-electron chi connectivity index (χ3n) is 3.19. The van der Waals surface area contributed by atoms with Crippen molar-refractivity contribution in [3.63, 3.8) is 0 Å². The summed E-state index contributed by atoms with van der Waals surface area (Å²) in [5, 5.41) is 0. The number of carbonyl (C=O) groups is 1. The molecule has 2 N–H and O–H groups in total. The largest absolute Gasteiger partial charge is 0.497 e. The lowest BCUT2D eigenvalue weighted by molar-refractivity contribution is 0.0959. The van der Waals surface area contributed by atoms with Crippen molar-refractivity contribution in [3.8, 4) is 5.75 Å². The van der Waals surface area contributed by atoms with Crippen molar-refractivity contribution < 1.29 is 9.53 Å². The Morgan fingerprint density at radius 1 is 1.35 bits per heavy atom. The third kappa shape index (κ3) is 3.48. The Morgan fingerprint density at radius 3 is 2.53 bits per heavy atom. The zero-order valence-electron chi connectivity index (χ0n) is 10.8. The highest BCUT2D eigenvalue weighted by atomic mass is 16.5. The van der Waals surface area contributed by atoms with Crippen LogP contribution < -0.4 is 10.5 Å². The second-order valence-corrected chi connectivity index (χ2v) is 4.26. The van der Waals surface area contributed by atoms with Gasteiger partial charge in [0.15, 0.2) is 5.78 Å². The lowest BCUT2D eigenvalue weighted by atomic mass is 9.93. The highest BCUT2D eigenvalue weighted by molar-refractivity contribution is 6.01. The second-order valence-electron chi connectivity index (χ2n) is 4.26. The van der Waals surface area contributed by atoms with Crippen LogP contribution in [0.3, 0.4) is 0 Å². The fraction of sp³-hybridized carbons (Fsp3) is 0.500. The SMILES string of the molecule is CCC(CC)CC(=O)c1cc(OC)ccc1N. The maximum absolute atomic E-state index is 12.1. The molecule has 0 unspecified atom stereocenters. The van der Waals surface area contributed by atoms with Gasteiger partial charge in [-0.15, -0.1) is 0 Å². The number of rotatable bonds is 6. The number of Topliss-reactive ketones (excluding diaryl/α,β-unsaturated/α-hetero) is 1. The van der Waals surface area contributed by atoms with Gasteiger partial charge in [-0.05, 0) is 24.1 Å². The van der Waals surface area contributed by atoms with E-state index < -0.39 is 0 Å². The molecule has 17 heavy (non-hydrogen) atoms. The van der Waals surface area contributed by atoms with Crippen molar-refractivity contribution >= 4 is 11.5 Å². The molecule has 0 saturated heterocycles. The van der Waals surface area contributed by atoms with E-state index in [0.717, 1.165) is 12.8 Å². The van der Waals surface area contributed by atoms with Gasteiger partial charge in [-0.25, -0.2) is 0 Å². The van der Waals surface area contributed by atoms with Gasteiger partial charge < -0.3 is 10.5 Å². The number of hydrogen-bond acceptors (Lipinski definition) is 3. The lowest BCUT2D eigenvalue weighted by Crippen LogP contribution is -2.10. The molecule has 0 heterocycles. The van der Waals surface area contributed by atoms with E-state index in [2.05, 4.69) is 13.8 Å². The Kier molecular flexibility index (Phi) is 5.01. The molecular weight excluding hydrogens is 214 g/mol. The minimum Gasteiger partial charge on any atom is -0.497 e. The summed E-state index contributed by atoms with van der Waals surface area (Å²) in [6, 6.07) is 5.21. The number of benzene rings is 1. The molecule has 0 aliphatic heterocycles. The molecule has 3 heteroatoms. The molecule has 0 fully saturated rings. The Bertz CT molecular complexity index is 384. The summed E-state index contributed by atoms with van der Waals surface area (Å²) in [4.78, 5) is 12.1. The summed E-state index contributed by atoms with van der Waals surface area (Å²) in [5.41, 5.74) is 6.94. The van der Waals surface area contributed by atoms with Gasteiger partial charge in [0.25, 0.3) is 0 Å². The molecule has 1 aromatic rings. The summed E-state index contributed by atoms with van der Waals surface area (Å²) in [5.74, 6) is 1.22. The predicted octanol–water partition coefficient (Wildman–Crippen LogP) is 3.29. The molecule has 3 nitrogen and oxygen atoms in total. The van der Waals surface area contributed by atoms with Crippen LogP contribution in [-0.4, -0.2) is 12.9 Å². The molecule has 0 amide bonds. The number of nitrogens with two attached hydrogens (primary N) is 1. The van der Waals surface area contributed by atoms with Crippen molar-refractivity contribution in [2.45, 2.75) is 33.1 Å². The summed E-state index contributed by atoms with van der Waals surface area (Å²) in [6.07, 6.45) is 2.60. The minimum absolute atomic E-state index is 0.107. The van der Waals surface area contributed by atoms with Gasteiger partial charge in [0, 0.05) is 17.7 Å². The van der Waals surface area contributed by atoms with E-state index in [1.54, 1.807) is 25.3 Å². The molecule has 0 bridgehead atoms. The number of nitrogen functional groups attached to an aromatic ring is 1. The van der Waals surface area contributed by atoms with Gasteiger partial charge in [0.2, 0.25) is 0 Å². The van der Waals surface area contributed by atoms with E-state index in [4.69, 9.17) is 10.5 Å². The van der Waals surface area contributed by atoms with Crippen LogP contribution in [-0.2, 0) is 0 Å². The zero-order chi connectivity index (χ0) is 12.8. The molecule has 0 radical (unpaired) electrons. The van der Waals surface area contributed by atoms with E-state index in [9.17, 15) is 4.79 Å². The van der Waals surface area contributed by atoms with Crippen LogP contribution in [0.1, 0.15) is 43.5 Å². The average Bonchev–Trinajstić information content (AvgIpc) is 2.36. The highest BCUT2D eigenvalue weighted by Gasteiger charge is 2.15. The molecule has 0 saturated carbocycles. The monoisotopic (exact) mass is 235 g/mol. The van der Waals surface area contributed by atoms with Crippen molar-refractivity contribution in [2.24, 2.45) is 5.92 Å². The van der Waals surface area contributed by atoms with Crippen molar-refractivity contribution in [3.05, 3.63) is 23.8 Å². The fourth-order valence-corrected chi connectivity index (χ4v) is 1.85. The van der Waals surface area contributed by atoms with Crippen molar-refractivity contribution in [1.82, 2.24) is 0 Å². The van der Waals surface area contributed by atoms with Gasteiger partial charge in [0.1, 0.15) is 5.75 Å². The first-order valence-electron chi connectivity index (χ1n) is 6.09. The molecule has 0 aromatic heterocycles. The number of methoxy groups -OCH3 is 1. The van der Waals surface area contributed by atoms with E-state index in [1.807, 2.05) is 0 Å². The molecule has 0 aliphatic rings. The van der Waals surface area contributed by atoms with E-state index in [1.165, 1.54) is 0 Å². The van der Waals surface area contributed by atoms with Gasteiger partial charge in [-0.1, -0.05) is 26.7 Å². The van der Waals surface area contributed by atoms with Crippen LogP contribution in [0.4, 0.5) is 5.69 Å². The number of ketones is 1. The quantitative estimate of drug-likeness (QED) is 0.608. The number of hydrogen-bond donors (Lipinski definition) is 1. The molecule has 0 atom stereocenters.